The smallest absolute Gasteiger partial charge is 0.190 e. The molecule has 0 aliphatic rings. The zero-order valence-corrected chi connectivity index (χ0v) is 19.0. The maximum Gasteiger partial charge on any atom is 0.190 e. The Balaban J connectivity index is 0.00000364. The monoisotopic (exact) mass is 489 g/mol. The van der Waals surface area contributed by atoms with Gasteiger partial charge in [-0.3, -0.25) is 4.99 Å². The quantitative estimate of drug-likeness (QED) is 0.206. The molecule has 0 saturated carbocycles. The minimum Gasteiger partial charge on any atom is -0.361 e. The average Bonchev–Trinajstić information content (AvgIpc) is 3.05. The SMILES string of the molecule is CCN(CC)CCCCNC(=NC)NCCc1c[nH]c2ccc(F)cc12.I. The van der Waals surface area contributed by atoms with Gasteiger partial charge in [0, 0.05) is 37.2 Å². The number of hydrogen-bond acceptors (Lipinski definition) is 2. The number of halogens is 2. The number of aromatic amines is 1. The van der Waals surface area contributed by atoms with Crippen LogP contribution in [0.15, 0.2) is 29.4 Å². The Bertz CT molecular complexity index is 697. The topological polar surface area (TPSA) is 55.4 Å². The van der Waals surface area contributed by atoms with E-state index in [9.17, 15) is 4.39 Å². The molecule has 152 valence electrons. The number of fused-ring (bicyclic) bond motifs is 1. The minimum absolute atomic E-state index is 0. The molecule has 2 aromatic rings. The fourth-order valence-electron chi connectivity index (χ4n) is 3.10. The molecule has 0 radical (unpaired) electrons. The Morgan fingerprint density at radius 2 is 1.89 bits per heavy atom. The van der Waals surface area contributed by atoms with Crippen LogP contribution in [0.1, 0.15) is 32.3 Å². The van der Waals surface area contributed by atoms with Crippen molar-refractivity contribution in [1.29, 1.82) is 0 Å². The van der Waals surface area contributed by atoms with Crippen LogP contribution >= 0.6 is 24.0 Å². The van der Waals surface area contributed by atoms with E-state index in [1.54, 1.807) is 19.2 Å². The fourth-order valence-corrected chi connectivity index (χ4v) is 3.10. The van der Waals surface area contributed by atoms with Gasteiger partial charge in [0.2, 0.25) is 0 Å². The van der Waals surface area contributed by atoms with Crippen LogP contribution in [0.4, 0.5) is 4.39 Å². The molecule has 0 aliphatic heterocycles. The summed E-state index contributed by atoms with van der Waals surface area (Å²) in [5, 5.41) is 7.64. The van der Waals surface area contributed by atoms with Gasteiger partial charge >= 0.3 is 0 Å². The highest BCUT2D eigenvalue weighted by Crippen LogP contribution is 2.19. The Labute approximate surface area is 179 Å². The summed E-state index contributed by atoms with van der Waals surface area (Å²) in [6.07, 6.45) is 5.08. The highest BCUT2D eigenvalue weighted by molar-refractivity contribution is 14.0. The summed E-state index contributed by atoms with van der Waals surface area (Å²) in [5.41, 5.74) is 2.08. The zero-order chi connectivity index (χ0) is 18.8. The number of aliphatic imine (C=N–C) groups is 1. The lowest BCUT2D eigenvalue weighted by Crippen LogP contribution is -2.38. The molecule has 0 bridgehead atoms. The molecule has 27 heavy (non-hydrogen) atoms. The van der Waals surface area contributed by atoms with E-state index in [1.165, 1.54) is 12.5 Å². The summed E-state index contributed by atoms with van der Waals surface area (Å²) in [7, 11) is 1.78. The Hall–Kier alpha value is -1.35. The molecule has 1 aromatic heterocycles. The van der Waals surface area contributed by atoms with Crippen LogP contribution in [0.25, 0.3) is 10.9 Å². The Morgan fingerprint density at radius 3 is 2.59 bits per heavy atom. The van der Waals surface area contributed by atoms with Crippen molar-refractivity contribution in [2.45, 2.75) is 33.1 Å². The van der Waals surface area contributed by atoms with Gasteiger partial charge < -0.3 is 20.5 Å². The largest absolute Gasteiger partial charge is 0.361 e. The van der Waals surface area contributed by atoms with Crippen molar-refractivity contribution >= 4 is 40.8 Å². The molecular weight excluding hydrogens is 456 g/mol. The predicted molar refractivity (Wildman–Crippen MR) is 124 cm³/mol. The first-order chi connectivity index (χ1) is 12.7. The predicted octanol–water partition coefficient (Wildman–Crippen LogP) is 3.75. The van der Waals surface area contributed by atoms with Gasteiger partial charge in [-0.15, -0.1) is 24.0 Å². The van der Waals surface area contributed by atoms with Crippen LogP contribution in [0.2, 0.25) is 0 Å². The Morgan fingerprint density at radius 1 is 1.15 bits per heavy atom. The summed E-state index contributed by atoms with van der Waals surface area (Å²) in [4.78, 5) is 9.90. The third kappa shape index (κ3) is 7.65. The van der Waals surface area contributed by atoms with Gasteiger partial charge in [0.25, 0.3) is 0 Å². The first-order valence-corrected chi connectivity index (χ1v) is 9.60. The number of rotatable bonds is 10. The first kappa shape index (κ1) is 23.7. The number of guanidine groups is 1. The van der Waals surface area contributed by atoms with Crippen LogP contribution in [0.5, 0.6) is 0 Å². The van der Waals surface area contributed by atoms with Crippen molar-refractivity contribution < 1.29 is 4.39 Å². The molecule has 0 unspecified atom stereocenters. The number of nitrogens with zero attached hydrogens (tertiary/aromatic N) is 2. The van der Waals surface area contributed by atoms with Gasteiger partial charge in [-0.2, -0.15) is 0 Å². The standard InChI is InChI=1S/C20H32FN5.HI/c1-4-26(5-2)13-7-6-11-23-20(22-3)24-12-10-16-15-25-19-9-8-17(21)14-18(16)19;/h8-9,14-15,25H,4-7,10-13H2,1-3H3,(H2,22,23,24);1H. The van der Waals surface area contributed by atoms with Crippen molar-refractivity contribution in [1.82, 2.24) is 20.5 Å². The number of unbranched alkanes of at least 4 members (excludes halogenated alkanes) is 1. The molecule has 7 heteroatoms. The zero-order valence-electron chi connectivity index (χ0n) is 16.6. The van der Waals surface area contributed by atoms with Crippen molar-refractivity contribution in [3.63, 3.8) is 0 Å². The molecular formula is C20H33FIN5. The van der Waals surface area contributed by atoms with E-state index < -0.39 is 0 Å². The second kappa shape index (κ2) is 12.9. The summed E-state index contributed by atoms with van der Waals surface area (Å²) < 4.78 is 13.4. The van der Waals surface area contributed by atoms with Gasteiger partial charge in [-0.25, -0.2) is 4.39 Å². The molecule has 0 atom stereocenters. The van der Waals surface area contributed by atoms with E-state index in [4.69, 9.17) is 0 Å². The first-order valence-electron chi connectivity index (χ1n) is 9.60. The van der Waals surface area contributed by atoms with Gasteiger partial charge in [0.1, 0.15) is 5.82 Å². The molecule has 1 aromatic carbocycles. The lowest BCUT2D eigenvalue weighted by molar-refractivity contribution is 0.297. The lowest BCUT2D eigenvalue weighted by atomic mass is 10.1. The lowest BCUT2D eigenvalue weighted by Gasteiger charge is -2.18. The third-order valence-corrected chi connectivity index (χ3v) is 4.73. The van der Waals surface area contributed by atoms with Crippen LogP contribution in [0, 0.1) is 5.82 Å². The van der Waals surface area contributed by atoms with E-state index in [2.05, 4.69) is 39.4 Å². The maximum absolute atomic E-state index is 13.4. The van der Waals surface area contributed by atoms with E-state index in [-0.39, 0.29) is 29.8 Å². The molecule has 0 aliphatic carbocycles. The van der Waals surface area contributed by atoms with Gasteiger partial charge in [0.15, 0.2) is 5.96 Å². The van der Waals surface area contributed by atoms with E-state index in [0.29, 0.717) is 0 Å². The highest BCUT2D eigenvalue weighted by atomic mass is 127. The van der Waals surface area contributed by atoms with E-state index in [1.807, 2.05) is 6.20 Å². The molecule has 2 rings (SSSR count). The van der Waals surface area contributed by atoms with Gasteiger partial charge in [0.05, 0.1) is 0 Å². The van der Waals surface area contributed by atoms with Crippen molar-refractivity contribution in [3.05, 3.63) is 35.8 Å². The normalized spacial score (nSPS) is 11.7. The second-order valence-corrected chi connectivity index (χ2v) is 6.41. The van der Waals surface area contributed by atoms with Crippen molar-refractivity contribution in [2.75, 3.05) is 39.8 Å². The van der Waals surface area contributed by atoms with Gasteiger partial charge in [-0.05, 0) is 62.7 Å². The molecule has 3 N–H and O–H groups in total. The average molecular weight is 489 g/mol. The van der Waals surface area contributed by atoms with Crippen molar-refractivity contribution in [2.24, 2.45) is 4.99 Å². The van der Waals surface area contributed by atoms with Crippen LogP contribution < -0.4 is 10.6 Å². The van der Waals surface area contributed by atoms with Crippen LogP contribution in [0.3, 0.4) is 0 Å². The molecule has 1 heterocycles. The summed E-state index contributed by atoms with van der Waals surface area (Å²) in [6.45, 7) is 9.46. The van der Waals surface area contributed by atoms with E-state index >= 15 is 0 Å². The third-order valence-electron chi connectivity index (χ3n) is 4.73. The summed E-state index contributed by atoms with van der Waals surface area (Å²) in [5.74, 6) is 0.618. The van der Waals surface area contributed by atoms with Crippen molar-refractivity contribution in [3.8, 4) is 0 Å². The molecule has 0 spiro atoms. The molecule has 5 nitrogen and oxygen atoms in total. The van der Waals surface area contributed by atoms with Crippen LogP contribution in [-0.4, -0.2) is 55.6 Å². The minimum atomic E-state index is -0.200. The molecule has 0 amide bonds. The number of aromatic nitrogens is 1. The van der Waals surface area contributed by atoms with Gasteiger partial charge in [-0.1, -0.05) is 13.8 Å². The Kier molecular flexibility index (Phi) is 11.3. The second-order valence-electron chi connectivity index (χ2n) is 6.41. The highest BCUT2D eigenvalue weighted by Gasteiger charge is 2.05. The number of hydrogen-bond donors (Lipinski definition) is 3. The molecule has 0 saturated heterocycles. The summed E-state index contributed by atoms with van der Waals surface area (Å²) >= 11 is 0. The number of nitrogens with one attached hydrogen (secondary N) is 3. The maximum atomic E-state index is 13.4. The number of H-pyrrole nitrogens is 1. The fraction of sp³-hybridized carbons (Fsp3) is 0.550. The number of benzene rings is 1. The summed E-state index contributed by atoms with van der Waals surface area (Å²) in [6, 6.07) is 4.84. The molecule has 0 fully saturated rings. The van der Waals surface area contributed by atoms with E-state index in [0.717, 1.165) is 68.0 Å². The van der Waals surface area contributed by atoms with Crippen LogP contribution in [-0.2, 0) is 6.42 Å².